The van der Waals surface area contributed by atoms with E-state index in [4.69, 9.17) is 20.5 Å². The van der Waals surface area contributed by atoms with Gasteiger partial charge in [0.25, 0.3) is 0 Å². The van der Waals surface area contributed by atoms with Crippen LogP contribution in [0.2, 0.25) is 0 Å². The van der Waals surface area contributed by atoms with Crippen LogP contribution in [0, 0.1) is 11.3 Å². The zero-order chi connectivity index (χ0) is 15.2. The molecule has 0 aliphatic rings. The van der Waals surface area contributed by atoms with Crippen molar-refractivity contribution in [1.29, 1.82) is 5.26 Å². The number of hydrogen-bond donors (Lipinski definition) is 1. The molecule has 0 saturated heterocycles. The molecule has 2 rings (SSSR count). The molecule has 0 fully saturated rings. The van der Waals surface area contributed by atoms with Crippen LogP contribution in [0.15, 0.2) is 36.5 Å². The van der Waals surface area contributed by atoms with Gasteiger partial charge in [0.1, 0.15) is 5.75 Å². The number of rotatable bonds is 5. The summed E-state index contributed by atoms with van der Waals surface area (Å²) >= 11 is 0. The van der Waals surface area contributed by atoms with Crippen molar-refractivity contribution in [3.05, 3.63) is 47.8 Å². The molecule has 108 valence electrons. The molecule has 1 aromatic carbocycles. The molecule has 1 heterocycles. The van der Waals surface area contributed by atoms with Crippen LogP contribution in [-0.4, -0.2) is 12.1 Å². The van der Waals surface area contributed by atoms with Gasteiger partial charge >= 0.3 is 0 Å². The summed E-state index contributed by atoms with van der Waals surface area (Å²) in [7, 11) is 1.53. The standard InChI is InChI=1S/C16H17N3O2/c1-3-13(18)14-6-5-12(10-19-14)21-15-7-4-11(9-17)8-16(15)20-2/h4-8,10,13H,3,18H2,1-2H3. The van der Waals surface area contributed by atoms with Crippen molar-refractivity contribution < 1.29 is 9.47 Å². The van der Waals surface area contributed by atoms with E-state index >= 15 is 0 Å². The highest BCUT2D eigenvalue weighted by atomic mass is 16.5. The summed E-state index contributed by atoms with van der Waals surface area (Å²) in [5.74, 6) is 1.62. The first-order valence-corrected chi connectivity index (χ1v) is 6.65. The number of nitrogens with zero attached hydrogens (tertiary/aromatic N) is 2. The number of aromatic nitrogens is 1. The van der Waals surface area contributed by atoms with Gasteiger partial charge in [-0.2, -0.15) is 5.26 Å². The lowest BCUT2D eigenvalue weighted by atomic mass is 10.1. The maximum absolute atomic E-state index is 8.88. The summed E-state index contributed by atoms with van der Waals surface area (Å²) in [5, 5.41) is 8.88. The van der Waals surface area contributed by atoms with Crippen molar-refractivity contribution in [1.82, 2.24) is 4.98 Å². The number of hydrogen-bond acceptors (Lipinski definition) is 5. The minimum atomic E-state index is -0.0662. The van der Waals surface area contributed by atoms with E-state index in [0.717, 1.165) is 12.1 Å². The van der Waals surface area contributed by atoms with Gasteiger partial charge in [0.2, 0.25) is 0 Å². The Labute approximate surface area is 123 Å². The van der Waals surface area contributed by atoms with Gasteiger partial charge in [-0.3, -0.25) is 4.98 Å². The summed E-state index contributed by atoms with van der Waals surface area (Å²) in [5.41, 5.74) is 7.27. The fraction of sp³-hybridized carbons (Fsp3) is 0.250. The second-order valence-corrected chi connectivity index (χ2v) is 4.51. The predicted octanol–water partition coefficient (Wildman–Crippen LogP) is 3.16. The van der Waals surface area contributed by atoms with E-state index in [2.05, 4.69) is 11.1 Å². The zero-order valence-electron chi connectivity index (χ0n) is 12.0. The van der Waals surface area contributed by atoms with Crippen LogP contribution in [-0.2, 0) is 0 Å². The highest BCUT2D eigenvalue weighted by Crippen LogP contribution is 2.32. The number of nitrogens with two attached hydrogens (primary N) is 1. The molecule has 2 N–H and O–H groups in total. The number of methoxy groups -OCH3 is 1. The Morgan fingerprint density at radius 1 is 1.29 bits per heavy atom. The van der Waals surface area contributed by atoms with Gasteiger partial charge in [-0.05, 0) is 30.7 Å². The summed E-state index contributed by atoms with van der Waals surface area (Å²) in [6, 6.07) is 10.7. The molecule has 1 aromatic heterocycles. The first kappa shape index (κ1) is 14.8. The average molecular weight is 283 g/mol. The Morgan fingerprint density at radius 3 is 2.67 bits per heavy atom. The largest absolute Gasteiger partial charge is 0.493 e. The van der Waals surface area contributed by atoms with Gasteiger partial charge in [-0.25, -0.2) is 0 Å². The van der Waals surface area contributed by atoms with Crippen molar-refractivity contribution in [2.75, 3.05) is 7.11 Å². The monoisotopic (exact) mass is 283 g/mol. The molecular weight excluding hydrogens is 266 g/mol. The van der Waals surface area contributed by atoms with Crippen LogP contribution in [0.4, 0.5) is 0 Å². The lowest BCUT2D eigenvalue weighted by molar-refractivity contribution is 0.378. The van der Waals surface area contributed by atoms with E-state index in [1.807, 2.05) is 19.1 Å². The average Bonchev–Trinajstić information content (AvgIpc) is 2.55. The SMILES string of the molecule is CCC(N)c1ccc(Oc2ccc(C#N)cc2OC)cn1. The summed E-state index contributed by atoms with van der Waals surface area (Å²) in [6.07, 6.45) is 2.46. The van der Waals surface area contributed by atoms with Crippen molar-refractivity contribution >= 4 is 0 Å². The topological polar surface area (TPSA) is 81.2 Å². The molecule has 0 aliphatic carbocycles. The normalized spacial score (nSPS) is 11.5. The molecule has 0 spiro atoms. The minimum absolute atomic E-state index is 0.0662. The summed E-state index contributed by atoms with van der Waals surface area (Å²) in [4.78, 5) is 4.29. The lowest BCUT2D eigenvalue weighted by Gasteiger charge is -2.12. The van der Waals surface area contributed by atoms with Gasteiger partial charge in [-0.15, -0.1) is 0 Å². The van der Waals surface area contributed by atoms with E-state index < -0.39 is 0 Å². The van der Waals surface area contributed by atoms with Crippen LogP contribution in [0.1, 0.15) is 30.6 Å². The van der Waals surface area contributed by atoms with Gasteiger partial charge in [0.15, 0.2) is 11.5 Å². The van der Waals surface area contributed by atoms with Crippen molar-refractivity contribution in [2.24, 2.45) is 5.73 Å². The molecule has 1 atom stereocenters. The first-order valence-electron chi connectivity index (χ1n) is 6.65. The first-order chi connectivity index (χ1) is 10.2. The van der Waals surface area contributed by atoms with Crippen LogP contribution >= 0.6 is 0 Å². The number of nitriles is 1. The molecular formula is C16H17N3O2. The summed E-state index contributed by atoms with van der Waals surface area (Å²) < 4.78 is 11.0. The third-order valence-electron chi connectivity index (χ3n) is 3.10. The van der Waals surface area contributed by atoms with E-state index in [9.17, 15) is 0 Å². The van der Waals surface area contributed by atoms with Crippen LogP contribution in [0.5, 0.6) is 17.2 Å². The van der Waals surface area contributed by atoms with Crippen molar-refractivity contribution in [3.63, 3.8) is 0 Å². The van der Waals surface area contributed by atoms with Crippen LogP contribution in [0.25, 0.3) is 0 Å². The van der Waals surface area contributed by atoms with Gasteiger partial charge in [0, 0.05) is 12.1 Å². The van der Waals surface area contributed by atoms with Crippen LogP contribution in [0.3, 0.4) is 0 Å². The third-order valence-corrected chi connectivity index (χ3v) is 3.10. The highest BCUT2D eigenvalue weighted by Gasteiger charge is 2.09. The van der Waals surface area contributed by atoms with E-state index in [1.54, 1.807) is 24.4 Å². The molecule has 1 unspecified atom stereocenters. The Hall–Kier alpha value is -2.58. The number of pyridine rings is 1. The second kappa shape index (κ2) is 6.73. The highest BCUT2D eigenvalue weighted by molar-refractivity contribution is 5.48. The van der Waals surface area contributed by atoms with E-state index in [1.165, 1.54) is 7.11 Å². The number of benzene rings is 1. The molecule has 5 nitrogen and oxygen atoms in total. The van der Waals surface area contributed by atoms with Gasteiger partial charge in [-0.1, -0.05) is 6.92 Å². The maximum atomic E-state index is 8.88. The Morgan fingerprint density at radius 2 is 2.10 bits per heavy atom. The molecule has 0 saturated carbocycles. The molecule has 0 bridgehead atoms. The third kappa shape index (κ3) is 3.50. The zero-order valence-corrected chi connectivity index (χ0v) is 12.0. The lowest BCUT2D eigenvalue weighted by Crippen LogP contribution is -2.10. The Bertz CT molecular complexity index is 648. The second-order valence-electron chi connectivity index (χ2n) is 4.51. The molecule has 0 radical (unpaired) electrons. The predicted molar refractivity (Wildman–Crippen MR) is 79.2 cm³/mol. The molecule has 5 heteroatoms. The summed E-state index contributed by atoms with van der Waals surface area (Å²) in [6.45, 7) is 2.01. The number of ether oxygens (including phenoxy) is 2. The molecule has 21 heavy (non-hydrogen) atoms. The van der Waals surface area contributed by atoms with Gasteiger partial charge in [0.05, 0.1) is 30.6 Å². The minimum Gasteiger partial charge on any atom is -0.493 e. The Kier molecular flexibility index (Phi) is 4.75. The molecule has 2 aromatic rings. The fourth-order valence-corrected chi connectivity index (χ4v) is 1.83. The van der Waals surface area contributed by atoms with Crippen LogP contribution < -0.4 is 15.2 Å². The fourth-order valence-electron chi connectivity index (χ4n) is 1.83. The quantitative estimate of drug-likeness (QED) is 0.911. The van der Waals surface area contributed by atoms with E-state index in [-0.39, 0.29) is 6.04 Å². The Balaban J connectivity index is 2.20. The van der Waals surface area contributed by atoms with Crippen molar-refractivity contribution in [3.8, 4) is 23.3 Å². The van der Waals surface area contributed by atoms with E-state index in [0.29, 0.717) is 22.8 Å². The molecule has 0 amide bonds. The maximum Gasteiger partial charge on any atom is 0.169 e. The molecule has 0 aliphatic heterocycles. The smallest absolute Gasteiger partial charge is 0.169 e. The van der Waals surface area contributed by atoms with Crippen molar-refractivity contribution in [2.45, 2.75) is 19.4 Å². The van der Waals surface area contributed by atoms with Gasteiger partial charge < -0.3 is 15.2 Å².